The highest BCUT2D eigenvalue weighted by molar-refractivity contribution is 5.78. The van der Waals surface area contributed by atoms with Crippen molar-refractivity contribution in [2.24, 2.45) is 11.8 Å². The fourth-order valence-corrected chi connectivity index (χ4v) is 2.25. The molecule has 1 aliphatic rings. The molecule has 0 aromatic rings. The number of rotatable bonds is 4. The number of carbonyl (C=O) groups is 1. The lowest BCUT2D eigenvalue weighted by molar-refractivity contribution is -0.134. The second-order valence-electron chi connectivity index (χ2n) is 4.76. The highest BCUT2D eigenvalue weighted by Crippen LogP contribution is 2.22. The van der Waals surface area contributed by atoms with Gasteiger partial charge in [0.15, 0.2) is 0 Å². The van der Waals surface area contributed by atoms with Gasteiger partial charge in [-0.2, -0.15) is 0 Å². The van der Waals surface area contributed by atoms with Crippen molar-refractivity contribution in [2.75, 3.05) is 13.1 Å². The van der Waals surface area contributed by atoms with Crippen molar-refractivity contribution in [2.45, 2.75) is 46.1 Å². The number of carbonyl (C=O) groups excluding carboxylic acids is 1. The van der Waals surface area contributed by atoms with E-state index in [9.17, 15) is 9.90 Å². The molecule has 15 heavy (non-hydrogen) atoms. The van der Waals surface area contributed by atoms with Crippen molar-refractivity contribution in [3.63, 3.8) is 0 Å². The Morgan fingerprint density at radius 2 is 2.20 bits per heavy atom. The number of hydrogen-bond acceptors (Lipinski definition) is 2. The molecule has 0 spiro atoms. The third-order valence-electron chi connectivity index (χ3n) is 3.36. The van der Waals surface area contributed by atoms with Crippen molar-refractivity contribution in [1.82, 2.24) is 4.90 Å². The molecule has 1 N–H and O–H groups in total. The Balaban J connectivity index is 2.42. The molecule has 3 atom stereocenters. The Morgan fingerprint density at radius 1 is 1.53 bits per heavy atom. The minimum absolute atomic E-state index is 0.141. The zero-order chi connectivity index (χ0) is 11.4. The number of nitrogens with zero attached hydrogens (tertiary/aromatic N) is 1. The van der Waals surface area contributed by atoms with Gasteiger partial charge in [-0.3, -0.25) is 4.79 Å². The van der Waals surface area contributed by atoms with Crippen LogP contribution in [0.2, 0.25) is 0 Å². The molecule has 1 heterocycles. The SMILES string of the molecule is CCCC(C)C(=O)N1CCC(C(C)O)C1. The van der Waals surface area contributed by atoms with Crippen LogP contribution in [0.5, 0.6) is 0 Å². The van der Waals surface area contributed by atoms with Gasteiger partial charge in [0.05, 0.1) is 6.10 Å². The molecule has 3 nitrogen and oxygen atoms in total. The topological polar surface area (TPSA) is 40.5 Å². The van der Waals surface area contributed by atoms with E-state index in [4.69, 9.17) is 0 Å². The van der Waals surface area contributed by atoms with Crippen LogP contribution < -0.4 is 0 Å². The van der Waals surface area contributed by atoms with Crippen LogP contribution in [-0.2, 0) is 4.79 Å². The Kier molecular flexibility index (Phi) is 4.58. The minimum Gasteiger partial charge on any atom is -0.393 e. The minimum atomic E-state index is -0.288. The molecule has 0 saturated carbocycles. The van der Waals surface area contributed by atoms with Gasteiger partial charge < -0.3 is 10.0 Å². The zero-order valence-corrected chi connectivity index (χ0v) is 10.1. The molecule has 1 rings (SSSR count). The molecule has 0 radical (unpaired) electrons. The van der Waals surface area contributed by atoms with Gasteiger partial charge in [-0.05, 0) is 19.8 Å². The zero-order valence-electron chi connectivity index (χ0n) is 10.1. The van der Waals surface area contributed by atoms with Crippen molar-refractivity contribution in [1.29, 1.82) is 0 Å². The summed E-state index contributed by atoms with van der Waals surface area (Å²) in [5.74, 6) is 0.686. The van der Waals surface area contributed by atoms with Crippen LogP contribution in [0.25, 0.3) is 0 Å². The maximum Gasteiger partial charge on any atom is 0.225 e. The summed E-state index contributed by atoms with van der Waals surface area (Å²) in [6, 6.07) is 0. The fraction of sp³-hybridized carbons (Fsp3) is 0.917. The number of hydrogen-bond donors (Lipinski definition) is 1. The van der Waals surface area contributed by atoms with E-state index >= 15 is 0 Å². The Hall–Kier alpha value is -0.570. The molecule has 1 saturated heterocycles. The van der Waals surface area contributed by atoms with Crippen LogP contribution in [0.1, 0.15) is 40.0 Å². The Morgan fingerprint density at radius 3 is 2.67 bits per heavy atom. The van der Waals surface area contributed by atoms with Crippen molar-refractivity contribution < 1.29 is 9.90 Å². The summed E-state index contributed by atoms with van der Waals surface area (Å²) < 4.78 is 0. The summed E-state index contributed by atoms with van der Waals surface area (Å²) >= 11 is 0. The summed E-state index contributed by atoms with van der Waals surface area (Å²) in [6.45, 7) is 7.48. The lowest BCUT2D eigenvalue weighted by Crippen LogP contribution is -2.34. The first kappa shape index (κ1) is 12.5. The lowest BCUT2D eigenvalue weighted by Gasteiger charge is -2.21. The summed E-state index contributed by atoms with van der Waals surface area (Å²) in [4.78, 5) is 13.9. The van der Waals surface area contributed by atoms with E-state index in [1.165, 1.54) is 0 Å². The number of likely N-dealkylation sites (tertiary alicyclic amines) is 1. The smallest absolute Gasteiger partial charge is 0.225 e. The molecule has 1 amide bonds. The quantitative estimate of drug-likeness (QED) is 0.771. The first-order chi connectivity index (χ1) is 7.06. The largest absolute Gasteiger partial charge is 0.393 e. The first-order valence-corrected chi connectivity index (χ1v) is 6.03. The summed E-state index contributed by atoms with van der Waals surface area (Å²) in [7, 11) is 0. The maximum absolute atomic E-state index is 11.9. The Bertz CT molecular complexity index is 216. The van der Waals surface area contributed by atoms with Crippen LogP contribution in [0, 0.1) is 11.8 Å². The Labute approximate surface area is 92.5 Å². The van der Waals surface area contributed by atoms with E-state index in [2.05, 4.69) is 6.92 Å². The number of amides is 1. The lowest BCUT2D eigenvalue weighted by atomic mass is 10.0. The molecule has 3 heteroatoms. The van der Waals surface area contributed by atoms with E-state index in [1.54, 1.807) is 0 Å². The third kappa shape index (κ3) is 3.20. The van der Waals surface area contributed by atoms with Crippen molar-refractivity contribution in [3.05, 3.63) is 0 Å². The summed E-state index contributed by atoms with van der Waals surface area (Å²) in [5, 5.41) is 9.46. The third-order valence-corrected chi connectivity index (χ3v) is 3.36. The first-order valence-electron chi connectivity index (χ1n) is 6.03. The van der Waals surface area contributed by atoms with Gasteiger partial charge in [-0.1, -0.05) is 20.3 Å². The molecule has 0 bridgehead atoms. The average Bonchev–Trinajstić information content (AvgIpc) is 2.65. The van der Waals surface area contributed by atoms with Crippen LogP contribution in [-0.4, -0.2) is 35.1 Å². The van der Waals surface area contributed by atoms with E-state index < -0.39 is 0 Å². The molecule has 0 aromatic heterocycles. The number of aliphatic hydroxyl groups excluding tert-OH is 1. The van der Waals surface area contributed by atoms with E-state index in [-0.39, 0.29) is 23.8 Å². The summed E-state index contributed by atoms with van der Waals surface area (Å²) in [5.41, 5.74) is 0. The van der Waals surface area contributed by atoms with Crippen molar-refractivity contribution >= 4 is 5.91 Å². The predicted octanol–water partition coefficient (Wildman–Crippen LogP) is 1.65. The molecule has 3 unspecified atom stereocenters. The standard InChI is InChI=1S/C12H23NO2/c1-4-5-9(2)12(15)13-7-6-11(8-13)10(3)14/h9-11,14H,4-8H2,1-3H3. The van der Waals surface area contributed by atoms with Crippen molar-refractivity contribution in [3.8, 4) is 0 Å². The predicted molar refractivity (Wildman–Crippen MR) is 60.4 cm³/mol. The average molecular weight is 213 g/mol. The normalized spacial score (nSPS) is 25.3. The van der Waals surface area contributed by atoms with Gasteiger partial charge >= 0.3 is 0 Å². The van der Waals surface area contributed by atoms with E-state index in [1.807, 2.05) is 18.7 Å². The van der Waals surface area contributed by atoms with E-state index in [0.717, 1.165) is 32.4 Å². The van der Waals surface area contributed by atoms with Gasteiger partial charge in [0.25, 0.3) is 0 Å². The van der Waals surface area contributed by atoms with Gasteiger partial charge in [0.1, 0.15) is 0 Å². The second-order valence-corrected chi connectivity index (χ2v) is 4.76. The highest BCUT2D eigenvalue weighted by atomic mass is 16.3. The summed E-state index contributed by atoms with van der Waals surface area (Å²) in [6.07, 6.45) is 2.68. The van der Waals surface area contributed by atoms with Gasteiger partial charge in [-0.15, -0.1) is 0 Å². The molecule has 1 fully saturated rings. The number of aliphatic hydroxyl groups is 1. The second kappa shape index (κ2) is 5.50. The molecule has 0 aliphatic carbocycles. The van der Waals surface area contributed by atoms with Crippen LogP contribution in [0.15, 0.2) is 0 Å². The fourth-order valence-electron chi connectivity index (χ4n) is 2.25. The molecule has 0 aromatic carbocycles. The van der Waals surface area contributed by atoms with Crippen LogP contribution >= 0.6 is 0 Å². The highest BCUT2D eigenvalue weighted by Gasteiger charge is 2.30. The van der Waals surface area contributed by atoms with Crippen LogP contribution in [0.4, 0.5) is 0 Å². The maximum atomic E-state index is 11.9. The van der Waals surface area contributed by atoms with Gasteiger partial charge in [-0.25, -0.2) is 0 Å². The van der Waals surface area contributed by atoms with Gasteiger partial charge in [0.2, 0.25) is 5.91 Å². The van der Waals surface area contributed by atoms with Crippen LogP contribution in [0.3, 0.4) is 0 Å². The molecular weight excluding hydrogens is 190 g/mol. The molecular formula is C12H23NO2. The van der Waals surface area contributed by atoms with Gasteiger partial charge in [0, 0.05) is 24.9 Å². The monoisotopic (exact) mass is 213 g/mol. The molecule has 1 aliphatic heterocycles. The van der Waals surface area contributed by atoms with E-state index in [0.29, 0.717) is 0 Å². The molecule has 88 valence electrons.